The van der Waals surface area contributed by atoms with Gasteiger partial charge in [0.15, 0.2) is 0 Å². The molecule has 0 saturated carbocycles. The third kappa shape index (κ3) is 4.46. The van der Waals surface area contributed by atoms with E-state index in [0.717, 1.165) is 18.2 Å². The van der Waals surface area contributed by atoms with Gasteiger partial charge in [0, 0.05) is 12.1 Å². The summed E-state index contributed by atoms with van der Waals surface area (Å²) in [5.41, 5.74) is -0.334. The van der Waals surface area contributed by atoms with Gasteiger partial charge in [-0.05, 0) is 6.07 Å². The fourth-order valence-corrected chi connectivity index (χ4v) is 1.25. The van der Waals surface area contributed by atoms with E-state index in [4.69, 9.17) is 0 Å². The molecule has 6 nitrogen and oxygen atoms in total. The van der Waals surface area contributed by atoms with Crippen molar-refractivity contribution in [2.75, 3.05) is 11.9 Å². The second-order valence-electron chi connectivity index (χ2n) is 4.04. The van der Waals surface area contributed by atoms with E-state index in [-0.39, 0.29) is 24.2 Å². The number of carbonyl (C=O) groups is 1. The van der Waals surface area contributed by atoms with Crippen LogP contribution in [0.2, 0.25) is 0 Å². The molecule has 98 valence electrons. The van der Waals surface area contributed by atoms with Gasteiger partial charge in [0.25, 0.3) is 5.69 Å². The summed E-state index contributed by atoms with van der Waals surface area (Å²) in [7, 11) is 0. The third-order valence-corrected chi connectivity index (χ3v) is 2.05. The number of non-ortho nitro benzene ring substituents is 1. The molecule has 0 atom stereocenters. The molecule has 0 aliphatic heterocycles. The zero-order chi connectivity index (χ0) is 13.7. The van der Waals surface area contributed by atoms with Gasteiger partial charge in [-0.25, -0.2) is 4.39 Å². The number of hydrogen-bond acceptors (Lipinski definition) is 4. The fourth-order valence-electron chi connectivity index (χ4n) is 1.25. The van der Waals surface area contributed by atoms with E-state index in [9.17, 15) is 19.3 Å². The van der Waals surface area contributed by atoms with Crippen molar-refractivity contribution >= 4 is 17.3 Å². The van der Waals surface area contributed by atoms with Gasteiger partial charge in [0.05, 0.1) is 23.2 Å². The maximum absolute atomic E-state index is 13.1. The maximum Gasteiger partial charge on any atom is 0.274 e. The van der Waals surface area contributed by atoms with Crippen LogP contribution in [0.25, 0.3) is 0 Å². The van der Waals surface area contributed by atoms with Crippen LogP contribution in [0.5, 0.6) is 0 Å². The molecule has 18 heavy (non-hydrogen) atoms. The minimum Gasteiger partial charge on any atom is -0.325 e. The van der Waals surface area contributed by atoms with Crippen molar-refractivity contribution in [2.45, 2.75) is 19.9 Å². The van der Waals surface area contributed by atoms with E-state index in [1.807, 2.05) is 13.8 Å². The highest BCUT2D eigenvalue weighted by Crippen LogP contribution is 2.19. The normalized spacial score (nSPS) is 10.4. The first-order chi connectivity index (χ1) is 8.38. The van der Waals surface area contributed by atoms with E-state index in [1.54, 1.807) is 0 Å². The Hall–Kier alpha value is -2.02. The highest BCUT2D eigenvalue weighted by Gasteiger charge is 2.11. The van der Waals surface area contributed by atoms with Crippen LogP contribution in [0, 0.1) is 15.9 Å². The number of nitrogens with one attached hydrogen (secondary N) is 2. The Kier molecular flexibility index (Phi) is 4.73. The molecule has 1 aromatic carbocycles. The van der Waals surface area contributed by atoms with Gasteiger partial charge in [-0.1, -0.05) is 13.8 Å². The number of nitrogens with zero attached hydrogens (tertiary/aromatic N) is 1. The summed E-state index contributed by atoms with van der Waals surface area (Å²) in [4.78, 5) is 21.2. The largest absolute Gasteiger partial charge is 0.325 e. The summed E-state index contributed by atoms with van der Waals surface area (Å²) in [6.07, 6.45) is 0. The van der Waals surface area contributed by atoms with Crippen molar-refractivity contribution in [3.8, 4) is 0 Å². The summed E-state index contributed by atoms with van der Waals surface area (Å²) in [6.45, 7) is 3.81. The number of nitro groups is 1. The molecule has 0 aromatic heterocycles. The third-order valence-electron chi connectivity index (χ3n) is 2.05. The van der Waals surface area contributed by atoms with Crippen LogP contribution in [0.3, 0.4) is 0 Å². The Balaban J connectivity index is 2.72. The highest BCUT2D eigenvalue weighted by atomic mass is 19.1. The molecule has 0 saturated heterocycles. The zero-order valence-electron chi connectivity index (χ0n) is 10.1. The summed E-state index contributed by atoms with van der Waals surface area (Å²) < 4.78 is 13.1. The van der Waals surface area contributed by atoms with Crippen molar-refractivity contribution in [2.24, 2.45) is 0 Å². The number of benzene rings is 1. The molecule has 2 N–H and O–H groups in total. The number of amides is 1. The molecule has 0 aliphatic carbocycles. The fraction of sp³-hybridized carbons (Fsp3) is 0.364. The number of rotatable bonds is 5. The molecule has 1 aromatic rings. The Labute approximate surface area is 103 Å². The average molecular weight is 255 g/mol. The molecule has 0 unspecified atom stereocenters. The van der Waals surface area contributed by atoms with Crippen LogP contribution in [-0.2, 0) is 4.79 Å². The Morgan fingerprint density at radius 2 is 2.11 bits per heavy atom. The Bertz CT molecular complexity index is 463. The van der Waals surface area contributed by atoms with Gasteiger partial charge in [-0.3, -0.25) is 14.9 Å². The van der Waals surface area contributed by atoms with Crippen molar-refractivity contribution in [3.63, 3.8) is 0 Å². The zero-order valence-corrected chi connectivity index (χ0v) is 10.1. The molecule has 1 amide bonds. The summed E-state index contributed by atoms with van der Waals surface area (Å²) in [5, 5.41) is 15.8. The molecule has 0 fully saturated rings. The van der Waals surface area contributed by atoms with Crippen molar-refractivity contribution in [1.82, 2.24) is 5.32 Å². The number of anilines is 1. The average Bonchev–Trinajstić information content (AvgIpc) is 2.25. The predicted molar refractivity (Wildman–Crippen MR) is 64.8 cm³/mol. The van der Waals surface area contributed by atoms with Gasteiger partial charge in [0.1, 0.15) is 5.82 Å². The first-order valence-electron chi connectivity index (χ1n) is 5.36. The van der Waals surface area contributed by atoms with Crippen LogP contribution >= 0.6 is 0 Å². The molecule has 0 bridgehead atoms. The lowest BCUT2D eigenvalue weighted by Crippen LogP contribution is -2.32. The molecule has 0 radical (unpaired) electrons. The van der Waals surface area contributed by atoms with Crippen LogP contribution < -0.4 is 10.6 Å². The maximum atomic E-state index is 13.1. The van der Waals surface area contributed by atoms with Gasteiger partial charge < -0.3 is 10.6 Å². The van der Waals surface area contributed by atoms with Crippen molar-refractivity contribution in [1.29, 1.82) is 0 Å². The van der Waals surface area contributed by atoms with Gasteiger partial charge in [0.2, 0.25) is 5.91 Å². The van der Waals surface area contributed by atoms with E-state index >= 15 is 0 Å². The molecule has 1 rings (SSSR count). The smallest absolute Gasteiger partial charge is 0.274 e. The second-order valence-corrected chi connectivity index (χ2v) is 4.04. The first-order valence-corrected chi connectivity index (χ1v) is 5.36. The van der Waals surface area contributed by atoms with E-state index < -0.39 is 16.4 Å². The molecule has 0 heterocycles. The van der Waals surface area contributed by atoms with E-state index in [1.165, 1.54) is 0 Å². The van der Waals surface area contributed by atoms with Crippen LogP contribution in [0.4, 0.5) is 15.8 Å². The molecule has 0 aliphatic rings. The van der Waals surface area contributed by atoms with Crippen LogP contribution in [0.15, 0.2) is 18.2 Å². The number of nitro benzene ring substituents is 1. The quantitative estimate of drug-likeness (QED) is 0.619. The standard InChI is InChI=1S/C11H14FN3O3/c1-7(2)13-6-11(16)14-9-3-8(12)4-10(5-9)15(17)18/h3-5,7,13H,6H2,1-2H3,(H,14,16). The molecule has 0 spiro atoms. The summed E-state index contributed by atoms with van der Waals surface area (Å²) >= 11 is 0. The highest BCUT2D eigenvalue weighted by molar-refractivity contribution is 5.92. The van der Waals surface area contributed by atoms with Crippen molar-refractivity contribution in [3.05, 3.63) is 34.1 Å². The molecular weight excluding hydrogens is 241 g/mol. The lowest BCUT2D eigenvalue weighted by Gasteiger charge is -2.08. The Morgan fingerprint density at radius 3 is 2.67 bits per heavy atom. The minimum atomic E-state index is -0.767. The summed E-state index contributed by atoms with van der Waals surface area (Å²) in [5.74, 6) is -1.15. The number of halogens is 1. The SMILES string of the molecule is CC(C)NCC(=O)Nc1cc(F)cc([N+](=O)[O-])c1. The monoisotopic (exact) mass is 255 g/mol. The second kappa shape index (κ2) is 6.06. The van der Waals surface area contributed by atoms with Crippen LogP contribution in [0.1, 0.15) is 13.8 Å². The van der Waals surface area contributed by atoms with Gasteiger partial charge in [-0.15, -0.1) is 0 Å². The first kappa shape index (κ1) is 14.0. The predicted octanol–water partition coefficient (Wildman–Crippen LogP) is 1.67. The molecular formula is C11H14FN3O3. The number of hydrogen-bond donors (Lipinski definition) is 2. The lowest BCUT2D eigenvalue weighted by atomic mass is 10.2. The van der Waals surface area contributed by atoms with E-state index in [2.05, 4.69) is 10.6 Å². The topological polar surface area (TPSA) is 84.3 Å². The van der Waals surface area contributed by atoms with Crippen molar-refractivity contribution < 1.29 is 14.1 Å². The number of carbonyl (C=O) groups excluding carboxylic acids is 1. The summed E-state index contributed by atoms with van der Waals surface area (Å²) in [6, 6.07) is 3.07. The van der Waals surface area contributed by atoms with Gasteiger partial charge >= 0.3 is 0 Å². The molecule has 7 heteroatoms. The van der Waals surface area contributed by atoms with E-state index in [0.29, 0.717) is 0 Å². The Morgan fingerprint density at radius 1 is 1.44 bits per heavy atom. The van der Waals surface area contributed by atoms with Crippen LogP contribution in [-0.4, -0.2) is 23.4 Å². The van der Waals surface area contributed by atoms with Gasteiger partial charge in [-0.2, -0.15) is 0 Å². The minimum absolute atomic E-state index is 0.0575. The lowest BCUT2D eigenvalue weighted by molar-refractivity contribution is -0.385.